The fourth-order valence-corrected chi connectivity index (χ4v) is 3.02. The van der Waals surface area contributed by atoms with E-state index in [0.717, 1.165) is 12.8 Å². The molecule has 7 nitrogen and oxygen atoms in total. The first-order valence-corrected chi connectivity index (χ1v) is 9.64. The molecule has 8 heteroatoms. The summed E-state index contributed by atoms with van der Waals surface area (Å²) in [6, 6.07) is 6.23. The van der Waals surface area contributed by atoms with E-state index in [4.69, 9.17) is 16.3 Å². The van der Waals surface area contributed by atoms with Crippen LogP contribution in [0, 0.1) is 19.8 Å². The SMILES string of the molecule is COC(=O)c1ccc(Cl)c(C)c1NC(=O)c1ccc(C)nc1C(=O)NCC1CC1. The first-order chi connectivity index (χ1) is 13.8. The highest BCUT2D eigenvalue weighted by molar-refractivity contribution is 6.32. The lowest BCUT2D eigenvalue weighted by molar-refractivity contribution is 0.0601. The van der Waals surface area contributed by atoms with Gasteiger partial charge in [-0.1, -0.05) is 11.6 Å². The summed E-state index contributed by atoms with van der Waals surface area (Å²) >= 11 is 6.16. The van der Waals surface area contributed by atoms with E-state index >= 15 is 0 Å². The van der Waals surface area contributed by atoms with Crippen molar-refractivity contribution >= 4 is 35.1 Å². The normalized spacial score (nSPS) is 13.0. The van der Waals surface area contributed by atoms with Gasteiger partial charge >= 0.3 is 5.97 Å². The number of halogens is 1. The van der Waals surface area contributed by atoms with E-state index in [2.05, 4.69) is 15.6 Å². The average Bonchev–Trinajstić information content (AvgIpc) is 3.53. The summed E-state index contributed by atoms with van der Waals surface area (Å²) in [4.78, 5) is 42.0. The van der Waals surface area contributed by atoms with Crippen molar-refractivity contribution < 1.29 is 19.1 Å². The highest BCUT2D eigenvalue weighted by Crippen LogP contribution is 2.29. The summed E-state index contributed by atoms with van der Waals surface area (Å²) in [7, 11) is 1.25. The Kier molecular flexibility index (Phi) is 6.17. The average molecular weight is 416 g/mol. The molecule has 3 rings (SSSR count). The number of nitrogens with one attached hydrogen (secondary N) is 2. The number of aryl methyl sites for hydroxylation is 1. The number of anilines is 1. The van der Waals surface area contributed by atoms with Crippen LogP contribution in [-0.2, 0) is 4.74 Å². The molecule has 0 bridgehead atoms. The molecule has 0 spiro atoms. The Hall–Kier alpha value is -2.93. The molecule has 2 N–H and O–H groups in total. The van der Waals surface area contributed by atoms with Crippen LogP contribution in [0.15, 0.2) is 24.3 Å². The number of amides is 2. The fraction of sp³-hybridized carbons (Fsp3) is 0.333. The molecule has 0 saturated heterocycles. The summed E-state index contributed by atoms with van der Waals surface area (Å²) in [6.45, 7) is 3.99. The second-order valence-corrected chi connectivity index (χ2v) is 7.45. The van der Waals surface area contributed by atoms with Crippen molar-refractivity contribution in [3.05, 3.63) is 57.4 Å². The zero-order valence-corrected chi connectivity index (χ0v) is 17.2. The molecule has 29 heavy (non-hydrogen) atoms. The zero-order valence-electron chi connectivity index (χ0n) is 16.5. The highest BCUT2D eigenvalue weighted by Gasteiger charge is 2.25. The number of carbonyl (C=O) groups is 3. The standard InChI is InChI=1S/C21H22ClN3O4/c1-11-4-7-14(18(24-11)20(27)23-10-13-5-6-13)19(26)25-17-12(2)16(22)9-8-15(17)21(28)29-3/h4,7-9,13H,5-6,10H2,1-3H3,(H,23,27)(H,25,26). The van der Waals surface area contributed by atoms with Crippen molar-refractivity contribution in [3.8, 4) is 0 Å². The topological polar surface area (TPSA) is 97.4 Å². The van der Waals surface area contributed by atoms with Crippen molar-refractivity contribution in [1.82, 2.24) is 10.3 Å². The van der Waals surface area contributed by atoms with Gasteiger partial charge in [0.15, 0.2) is 0 Å². The first kappa shape index (κ1) is 20.8. The molecule has 1 aliphatic carbocycles. The summed E-state index contributed by atoms with van der Waals surface area (Å²) in [5.41, 5.74) is 1.69. The van der Waals surface area contributed by atoms with Crippen molar-refractivity contribution in [2.24, 2.45) is 5.92 Å². The molecular formula is C21H22ClN3O4. The molecule has 1 fully saturated rings. The number of carbonyl (C=O) groups excluding carboxylic acids is 3. The van der Waals surface area contributed by atoms with Gasteiger partial charge in [-0.15, -0.1) is 0 Å². The van der Waals surface area contributed by atoms with Crippen LogP contribution in [0.4, 0.5) is 5.69 Å². The van der Waals surface area contributed by atoms with E-state index in [1.807, 2.05) is 0 Å². The third kappa shape index (κ3) is 4.74. The monoisotopic (exact) mass is 415 g/mol. The maximum Gasteiger partial charge on any atom is 0.339 e. The van der Waals surface area contributed by atoms with Gasteiger partial charge in [-0.25, -0.2) is 9.78 Å². The number of methoxy groups -OCH3 is 1. The van der Waals surface area contributed by atoms with E-state index < -0.39 is 17.8 Å². The Balaban J connectivity index is 1.92. The van der Waals surface area contributed by atoms with Crippen LogP contribution in [0.5, 0.6) is 0 Å². The summed E-state index contributed by atoms with van der Waals surface area (Å²) in [5, 5.41) is 5.92. The number of esters is 1. The molecule has 2 amide bonds. The van der Waals surface area contributed by atoms with E-state index in [-0.39, 0.29) is 22.5 Å². The lowest BCUT2D eigenvalue weighted by Crippen LogP contribution is -2.29. The third-order valence-corrected chi connectivity index (χ3v) is 5.19. The van der Waals surface area contributed by atoms with Crippen LogP contribution >= 0.6 is 11.6 Å². The third-order valence-electron chi connectivity index (χ3n) is 4.79. The number of ether oxygens (including phenoxy) is 1. The van der Waals surface area contributed by atoms with Gasteiger partial charge in [-0.2, -0.15) is 0 Å². The van der Waals surface area contributed by atoms with Gasteiger partial charge in [-0.3, -0.25) is 9.59 Å². The fourth-order valence-electron chi connectivity index (χ4n) is 2.86. The van der Waals surface area contributed by atoms with Gasteiger partial charge in [-0.05, 0) is 62.4 Å². The van der Waals surface area contributed by atoms with Crippen LogP contribution in [0.25, 0.3) is 0 Å². The molecule has 0 unspecified atom stereocenters. The number of benzene rings is 1. The van der Waals surface area contributed by atoms with Gasteiger partial charge in [0.05, 0.1) is 23.9 Å². The zero-order chi connectivity index (χ0) is 21.1. The Bertz CT molecular complexity index is 986. The predicted molar refractivity (Wildman–Crippen MR) is 110 cm³/mol. The minimum atomic E-state index is -0.607. The van der Waals surface area contributed by atoms with Crippen molar-refractivity contribution in [1.29, 1.82) is 0 Å². The number of hydrogen-bond acceptors (Lipinski definition) is 5. The second-order valence-electron chi connectivity index (χ2n) is 7.04. The summed E-state index contributed by atoms with van der Waals surface area (Å²) in [6.07, 6.45) is 2.19. The number of aromatic nitrogens is 1. The smallest absolute Gasteiger partial charge is 0.339 e. The molecule has 0 atom stereocenters. The molecule has 1 aliphatic rings. The van der Waals surface area contributed by atoms with Gasteiger partial charge in [0.2, 0.25) is 0 Å². The van der Waals surface area contributed by atoms with Crippen molar-refractivity contribution in [2.75, 3.05) is 19.0 Å². The van der Waals surface area contributed by atoms with Crippen molar-refractivity contribution in [2.45, 2.75) is 26.7 Å². The molecule has 0 radical (unpaired) electrons. The maximum absolute atomic E-state index is 13.0. The van der Waals surface area contributed by atoms with E-state index in [0.29, 0.717) is 28.7 Å². The van der Waals surface area contributed by atoms with Crippen LogP contribution in [0.1, 0.15) is 55.3 Å². The molecule has 1 aromatic heterocycles. The van der Waals surface area contributed by atoms with Crippen LogP contribution < -0.4 is 10.6 Å². The van der Waals surface area contributed by atoms with E-state index in [1.165, 1.54) is 13.2 Å². The quantitative estimate of drug-likeness (QED) is 0.703. The largest absolute Gasteiger partial charge is 0.465 e. The lowest BCUT2D eigenvalue weighted by atomic mass is 10.1. The van der Waals surface area contributed by atoms with Crippen LogP contribution in [0.3, 0.4) is 0 Å². The van der Waals surface area contributed by atoms with E-state index in [9.17, 15) is 14.4 Å². The predicted octanol–water partition coefficient (Wildman–Crippen LogP) is 3.53. The maximum atomic E-state index is 13.0. The molecular weight excluding hydrogens is 394 g/mol. The summed E-state index contributed by atoms with van der Waals surface area (Å²) < 4.78 is 4.79. The number of nitrogens with zero attached hydrogens (tertiary/aromatic N) is 1. The first-order valence-electron chi connectivity index (χ1n) is 9.26. The second kappa shape index (κ2) is 8.61. The van der Waals surface area contributed by atoms with Crippen LogP contribution in [-0.4, -0.2) is 36.4 Å². The van der Waals surface area contributed by atoms with Crippen LogP contribution in [0.2, 0.25) is 5.02 Å². The lowest BCUT2D eigenvalue weighted by Gasteiger charge is -2.15. The highest BCUT2D eigenvalue weighted by atomic mass is 35.5. The molecule has 1 saturated carbocycles. The minimum absolute atomic E-state index is 0.0439. The molecule has 1 aromatic carbocycles. The minimum Gasteiger partial charge on any atom is -0.465 e. The van der Waals surface area contributed by atoms with Gasteiger partial charge in [0, 0.05) is 17.3 Å². The molecule has 2 aromatic rings. The number of hydrogen-bond donors (Lipinski definition) is 2. The number of pyridine rings is 1. The summed E-state index contributed by atoms with van der Waals surface area (Å²) in [5.74, 6) is -1.08. The van der Waals surface area contributed by atoms with Gasteiger partial charge < -0.3 is 15.4 Å². The molecule has 0 aliphatic heterocycles. The Morgan fingerprint density at radius 1 is 1.10 bits per heavy atom. The molecule has 1 heterocycles. The Morgan fingerprint density at radius 2 is 1.79 bits per heavy atom. The Labute approximate surface area is 173 Å². The van der Waals surface area contributed by atoms with Gasteiger partial charge in [0.1, 0.15) is 5.69 Å². The van der Waals surface area contributed by atoms with E-state index in [1.54, 1.807) is 32.0 Å². The van der Waals surface area contributed by atoms with Gasteiger partial charge in [0.25, 0.3) is 11.8 Å². The Morgan fingerprint density at radius 3 is 2.45 bits per heavy atom. The van der Waals surface area contributed by atoms with Crippen molar-refractivity contribution in [3.63, 3.8) is 0 Å². The molecule has 152 valence electrons. The number of rotatable bonds is 6.